The summed E-state index contributed by atoms with van der Waals surface area (Å²) in [5.74, 6) is -0.839. The fourth-order valence-electron chi connectivity index (χ4n) is 10.3. The molecule has 0 radical (unpaired) electrons. The average molecular weight is 1060 g/mol. The van der Waals surface area contributed by atoms with E-state index in [1.165, 1.54) is 283 Å². The number of esters is 3. The first-order valence-corrected chi connectivity index (χ1v) is 33.8. The van der Waals surface area contributed by atoms with Crippen molar-refractivity contribution in [2.45, 2.75) is 386 Å². The third kappa shape index (κ3) is 62.6. The van der Waals surface area contributed by atoms with Crippen LogP contribution in [0.1, 0.15) is 380 Å². The fourth-order valence-corrected chi connectivity index (χ4v) is 10.3. The summed E-state index contributed by atoms with van der Waals surface area (Å²) in [4.78, 5) is 38.4. The monoisotopic (exact) mass is 1050 g/mol. The maximum Gasteiger partial charge on any atom is 0.306 e. The predicted octanol–water partition coefficient (Wildman–Crippen LogP) is 23.0. The zero-order valence-electron chi connectivity index (χ0n) is 50.8. The van der Waals surface area contributed by atoms with Crippen LogP contribution in [0.5, 0.6) is 0 Å². The number of hydrogen-bond donors (Lipinski definition) is 0. The van der Waals surface area contributed by atoms with Crippen LogP contribution in [0.2, 0.25) is 0 Å². The maximum atomic E-state index is 12.9. The first-order valence-electron chi connectivity index (χ1n) is 33.8. The third-order valence-electron chi connectivity index (χ3n) is 15.4. The van der Waals surface area contributed by atoms with Crippen molar-refractivity contribution in [1.29, 1.82) is 0 Å². The maximum absolute atomic E-state index is 12.9. The molecule has 0 N–H and O–H groups in total. The highest BCUT2D eigenvalue weighted by atomic mass is 16.6. The number of carbonyl (C=O) groups is 3. The molecule has 6 nitrogen and oxygen atoms in total. The van der Waals surface area contributed by atoms with Gasteiger partial charge in [0, 0.05) is 19.3 Å². The minimum atomic E-state index is -0.770. The molecule has 0 fully saturated rings. The summed E-state index contributed by atoms with van der Waals surface area (Å²) in [5.41, 5.74) is 0. The smallest absolute Gasteiger partial charge is 0.306 e. The van der Waals surface area contributed by atoms with Crippen molar-refractivity contribution in [2.24, 2.45) is 0 Å². The lowest BCUT2D eigenvalue weighted by Crippen LogP contribution is -2.30. The van der Waals surface area contributed by atoms with E-state index in [2.05, 4.69) is 45.1 Å². The Morgan fingerprint density at radius 1 is 0.253 bits per heavy atom. The SMILES string of the molecule is CCCCCCCC/C=C\CCCCCCCCCCCCCC(=O)OC[C@H](COC(=O)CCCCCCCCCCCCCCCCCCC)OC(=O)CCCCCCCCCCC/C=C\CCCCCCCC. The highest BCUT2D eigenvalue weighted by molar-refractivity contribution is 5.71. The molecule has 0 aliphatic carbocycles. The van der Waals surface area contributed by atoms with Gasteiger partial charge in [0.15, 0.2) is 6.10 Å². The summed E-state index contributed by atoms with van der Waals surface area (Å²) < 4.78 is 17.0. The minimum Gasteiger partial charge on any atom is -0.462 e. The second kappa shape index (κ2) is 64.4. The van der Waals surface area contributed by atoms with E-state index in [1.807, 2.05) is 0 Å². The van der Waals surface area contributed by atoms with Gasteiger partial charge in [0.25, 0.3) is 0 Å². The lowest BCUT2D eigenvalue weighted by Gasteiger charge is -2.18. The topological polar surface area (TPSA) is 78.9 Å². The van der Waals surface area contributed by atoms with E-state index in [-0.39, 0.29) is 31.1 Å². The molecule has 442 valence electrons. The summed E-state index contributed by atoms with van der Waals surface area (Å²) in [6, 6.07) is 0. The van der Waals surface area contributed by atoms with E-state index < -0.39 is 6.10 Å². The molecule has 0 bridgehead atoms. The Morgan fingerprint density at radius 2 is 0.440 bits per heavy atom. The molecule has 0 rings (SSSR count). The predicted molar refractivity (Wildman–Crippen MR) is 326 cm³/mol. The van der Waals surface area contributed by atoms with Gasteiger partial charge in [-0.2, -0.15) is 0 Å². The van der Waals surface area contributed by atoms with E-state index in [1.54, 1.807) is 0 Å². The molecular weight excluding hydrogens is 925 g/mol. The molecule has 0 heterocycles. The largest absolute Gasteiger partial charge is 0.462 e. The lowest BCUT2D eigenvalue weighted by atomic mass is 10.0. The van der Waals surface area contributed by atoms with Crippen molar-refractivity contribution in [1.82, 2.24) is 0 Å². The summed E-state index contributed by atoms with van der Waals surface area (Å²) in [6.07, 6.45) is 77.6. The van der Waals surface area contributed by atoms with Crippen LogP contribution in [0, 0.1) is 0 Å². The zero-order chi connectivity index (χ0) is 54.3. The normalized spacial score (nSPS) is 12.1. The molecule has 0 saturated carbocycles. The first-order chi connectivity index (χ1) is 37.0. The third-order valence-corrected chi connectivity index (χ3v) is 15.4. The number of ether oxygens (including phenoxy) is 3. The van der Waals surface area contributed by atoms with Gasteiger partial charge in [-0.15, -0.1) is 0 Å². The van der Waals surface area contributed by atoms with Gasteiger partial charge in [0.1, 0.15) is 13.2 Å². The van der Waals surface area contributed by atoms with Gasteiger partial charge in [-0.1, -0.05) is 315 Å². The molecule has 0 spiro atoms. The van der Waals surface area contributed by atoms with Crippen LogP contribution in [0.15, 0.2) is 24.3 Å². The minimum absolute atomic E-state index is 0.0665. The first kappa shape index (κ1) is 72.9. The number of unbranched alkanes of at least 4 members (excludes halogenated alkanes) is 48. The van der Waals surface area contributed by atoms with Crippen LogP contribution in [0.4, 0.5) is 0 Å². The average Bonchev–Trinajstić information content (AvgIpc) is 3.41. The molecule has 0 aromatic carbocycles. The van der Waals surface area contributed by atoms with E-state index >= 15 is 0 Å². The van der Waals surface area contributed by atoms with E-state index in [0.717, 1.165) is 57.8 Å². The highest BCUT2D eigenvalue weighted by Gasteiger charge is 2.19. The second-order valence-electron chi connectivity index (χ2n) is 23.1. The van der Waals surface area contributed by atoms with Gasteiger partial charge in [-0.3, -0.25) is 14.4 Å². The molecule has 1 atom stereocenters. The molecule has 0 saturated heterocycles. The summed E-state index contributed by atoms with van der Waals surface area (Å²) in [7, 11) is 0. The van der Waals surface area contributed by atoms with E-state index in [9.17, 15) is 14.4 Å². The Labute approximate surface area is 468 Å². The fraction of sp³-hybridized carbons (Fsp3) is 0.899. The van der Waals surface area contributed by atoms with Crippen LogP contribution >= 0.6 is 0 Å². The zero-order valence-corrected chi connectivity index (χ0v) is 50.8. The molecule has 0 aromatic heterocycles. The Morgan fingerprint density at radius 3 is 0.667 bits per heavy atom. The molecule has 6 heteroatoms. The lowest BCUT2D eigenvalue weighted by molar-refractivity contribution is -0.167. The molecular formula is C69H130O6. The number of carbonyl (C=O) groups excluding carboxylic acids is 3. The van der Waals surface area contributed by atoms with Gasteiger partial charge in [0.2, 0.25) is 0 Å². The van der Waals surface area contributed by atoms with Gasteiger partial charge in [-0.05, 0) is 70.6 Å². The van der Waals surface area contributed by atoms with E-state index in [0.29, 0.717) is 19.3 Å². The van der Waals surface area contributed by atoms with Crippen LogP contribution in [-0.4, -0.2) is 37.2 Å². The quantitative estimate of drug-likeness (QED) is 0.0261. The Kier molecular flexibility index (Phi) is 62.6. The number of rotatable bonds is 63. The summed E-state index contributed by atoms with van der Waals surface area (Å²) in [6.45, 7) is 6.71. The Bertz CT molecular complexity index is 1210. The Balaban J connectivity index is 4.31. The van der Waals surface area contributed by atoms with Gasteiger partial charge >= 0.3 is 17.9 Å². The molecule has 75 heavy (non-hydrogen) atoms. The summed E-state index contributed by atoms with van der Waals surface area (Å²) >= 11 is 0. The van der Waals surface area contributed by atoms with Crippen LogP contribution in [-0.2, 0) is 28.6 Å². The summed E-state index contributed by atoms with van der Waals surface area (Å²) in [5, 5.41) is 0. The van der Waals surface area contributed by atoms with Crippen LogP contribution in [0.3, 0.4) is 0 Å². The van der Waals surface area contributed by atoms with E-state index in [4.69, 9.17) is 14.2 Å². The van der Waals surface area contributed by atoms with Gasteiger partial charge < -0.3 is 14.2 Å². The van der Waals surface area contributed by atoms with Crippen LogP contribution < -0.4 is 0 Å². The molecule has 0 aliphatic heterocycles. The standard InChI is InChI=1S/C69H130O6/c1-4-7-10-13-16-19-22-25-28-31-33-34-36-38-41-44-47-50-53-56-59-62-68(71)74-65-66(64-73-67(70)61-58-55-52-49-46-43-40-37-30-27-24-21-18-15-12-9-6-3)75-69(72)63-60-57-54-51-48-45-42-39-35-32-29-26-23-20-17-14-11-8-5-2/h25-26,28-29,66H,4-24,27,30-65H2,1-3H3/b28-25-,29-26-/t66-/m0/s1. The second-order valence-corrected chi connectivity index (χ2v) is 23.1. The van der Waals surface area contributed by atoms with Crippen molar-refractivity contribution < 1.29 is 28.6 Å². The van der Waals surface area contributed by atoms with Crippen molar-refractivity contribution >= 4 is 17.9 Å². The van der Waals surface area contributed by atoms with Crippen molar-refractivity contribution in [2.75, 3.05) is 13.2 Å². The van der Waals surface area contributed by atoms with Crippen molar-refractivity contribution in [3.8, 4) is 0 Å². The van der Waals surface area contributed by atoms with Crippen molar-refractivity contribution in [3.63, 3.8) is 0 Å². The van der Waals surface area contributed by atoms with Crippen LogP contribution in [0.25, 0.3) is 0 Å². The molecule has 0 aromatic rings. The molecule has 0 unspecified atom stereocenters. The highest BCUT2D eigenvalue weighted by Crippen LogP contribution is 2.18. The van der Waals surface area contributed by atoms with Crippen molar-refractivity contribution in [3.05, 3.63) is 24.3 Å². The molecule has 0 amide bonds. The molecule has 0 aliphatic rings. The number of hydrogen-bond acceptors (Lipinski definition) is 6. The van der Waals surface area contributed by atoms with Gasteiger partial charge in [-0.25, -0.2) is 0 Å². The Hall–Kier alpha value is -2.11. The number of allylic oxidation sites excluding steroid dienone is 4. The van der Waals surface area contributed by atoms with Gasteiger partial charge in [0.05, 0.1) is 0 Å².